The van der Waals surface area contributed by atoms with E-state index in [4.69, 9.17) is 10.8 Å². The van der Waals surface area contributed by atoms with Crippen LogP contribution in [-0.2, 0) is 0 Å². The standard InChI is InChI=1S/C8H12N2O/c1-2-7(9)8-4-3-6(11)5-10-8/h3-5,7,11H,2,9H2,1H3/t7-/m0/s1. The molecule has 0 fully saturated rings. The molecule has 1 aromatic heterocycles. The topological polar surface area (TPSA) is 59.1 Å². The van der Waals surface area contributed by atoms with Gasteiger partial charge in [-0.15, -0.1) is 0 Å². The van der Waals surface area contributed by atoms with E-state index in [1.165, 1.54) is 6.20 Å². The highest BCUT2D eigenvalue weighted by atomic mass is 16.3. The van der Waals surface area contributed by atoms with Crippen LogP contribution in [0.4, 0.5) is 0 Å². The molecule has 3 nitrogen and oxygen atoms in total. The first-order valence-electron chi connectivity index (χ1n) is 3.64. The van der Waals surface area contributed by atoms with Gasteiger partial charge in [-0.25, -0.2) is 0 Å². The van der Waals surface area contributed by atoms with Crippen LogP contribution >= 0.6 is 0 Å². The van der Waals surface area contributed by atoms with Crippen LogP contribution in [0, 0.1) is 0 Å². The molecule has 1 aromatic rings. The summed E-state index contributed by atoms with van der Waals surface area (Å²) in [7, 11) is 0. The lowest BCUT2D eigenvalue weighted by Gasteiger charge is -2.06. The Kier molecular flexibility index (Phi) is 2.44. The van der Waals surface area contributed by atoms with Crippen molar-refractivity contribution in [1.82, 2.24) is 4.98 Å². The molecule has 0 amide bonds. The minimum atomic E-state index is -0.0180. The lowest BCUT2D eigenvalue weighted by Crippen LogP contribution is -2.09. The molecule has 0 aliphatic carbocycles. The zero-order valence-electron chi connectivity index (χ0n) is 6.49. The van der Waals surface area contributed by atoms with Crippen molar-refractivity contribution in [3.05, 3.63) is 24.0 Å². The second-order valence-corrected chi connectivity index (χ2v) is 2.46. The van der Waals surface area contributed by atoms with Crippen LogP contribution < -0.4 is 5.73 Å². The molecular formula is C8H12N2O. The van der Waals surface area contributed by atoms with Crippen LogP contribution in [-0.4, -0.2) is 10.1 Å². The zero-order valence-corrected chi connectivity index (χ0v) is 6.49. The number of aromatic nitrogens is 1. The van der Waals surface area contributed by atoms with Gasteiger partial charge >= 0.3 is 0 Å². The third kappa shape index (κ3) is 1.91. The second kappa shape index (κ2) is 3.34. The van der Waals surface area contributed by atoms with Crippen LogP contribution in [0.2, 0.25) is 0 Å². The molecule has 1 atom stereocenters. The molecule has 0 bridgehead atoms. The fourth-order valence-corrected chi connectivity index (χ4v) is 0.826. The lowest BCUT2D eigenvalue weighted by molar-refractivity contribution is 0.471. The third-order valence-electron chi connectivity index (χ3n) is 1.59. The van der Waals surface area contributed by atoms with Crippen LogP contribution in [0.3, 0.4) is 0 Å². The van der Waals surface area contributed by atoms with E-state index in [1.54, 1.807) is 12.1 Å². The first-order chi connectivity index (χ1) is 5.24. The van der Waals surface area contributed by atoms with E-state index in [0.29, 0.717) is 0 Å². The van der Waals surface area contributed by atoms with Crippen LogP contribution in [0.1, 0.15) is 25.1 Å². The average Bonchev–Trinajstić information content (AvgIpc) is 2.05. The SMILES string of the molecule is CC[C@H](N)c1ccc(O)cn1. The third-order valence-corrected chi connectivity index (χ3v) is 1.59. The fraction of sp³-hybridized carbons (Fsp3) is 0.375. The maximum Gasteiger partial charge on any atom is 0.133 e. The summed E-state index contributed by atoms with van der Waals surface area (Å²) in [5.41, 5.74) is 6.52. The summed E-state index contributed by atoms with van der Waals surface area (Å²) in [6.07, 6.45) is 2.27. The second-order valence-electron chi connectivity index (χ2n) is 2.46. The van der Waals surface area contributed by atoms with Crippen molar-refractivity contribution in [2.24, 2.45) is 5.73 Å². The van der Waals surface area contributed by atoms with Gasteiger partial charge < -0.3 is 10.8 Å². The summed E-state index contributed by atoms with van der Waals surface area (Å²) in [5.74, 6) is 0.178. The summed E-state index contributed by atoms with van der Waals surface area (Å²) in [4.78, 5) is 3.97. The van der Waals surface area contributed by atoms with Crippen molar-refractivity contribution >= 4 is 0 Å². The number of nitrogens with zero attached hydrogens (tertiary/aromatic N) is 1. The fourth-order valence-electron chi connectivity index (χ4n) is 0.826. The molecule has 1 rings (SSSR count). The Bertz CT molecular complexity index is 220. The molecule has 0 aliphatic rings. The van der Waals surface area contributed by atoms with Crippen molar-refractivity contribution in [1.29, 1.82) is 0 Å². The average molecular weight is 152 g/mol. The molecule has 0 spiro atoms. The summed E-state index contributed by atoms with van der Waals surface area (Å²) in [6, 6.07) is 3.32. The molecule has 0 radical (unpaired) electrons. The molecule has 0 aliphatic heterocycles. The number of nitrogens with two attached hydrogens (primary N) is 1. The lowest BCUT2D eigenvalue weighted by atomic mass is 10.1. The zero-order chi connectivity index (χ0) is 8.27. The quantitative estimate of drug-likeness (QED) is 0.669. The van der Waals surface area contributed by atoms with Gasteiger partial charge in [-0.3, -0.25) is 4.98 Å². The van der Waals surface area contributed by atoms with Gasteiger partial charge in [-0.2, -0.15) is 0 Å². The Morgan fingerprint density at radius 2 is 2.36 bits per heavy atom. The first kappa shape index (κ1) is 8.01. The molecule has 0 saturated carbocycles. The molecule has 0 aromatic carbocycles. The van der Waals surface area contributed by atoms with Crippen LogP contribution in [0.5, 0.6) is 5.75 Å². The van der Waals surface area contributed by atoms with Gasteiger partial charge in [0.05, 0.1) is 11.9 Å². The molecule has 0 saturated heterocycles. The van der Waals surface area contributed by atoms with Crippen molar-refractivity contribution < 1.29 is 5.11 Å². The summed E-state index contributed by atoms with van der Waals surface area (Å²) >= 11 is 0. The number of hydrogen-bond acceptors (Lipinski definition) is 3. The van der Waals surface area contributed by atoms with E-state index in [2.05, 4.69) is 4.98 Å². The van der Waals surface area contributed by atoms with Gasteiger partial charge in [0.1, 0.15) is 5.75 Å². The highest BCUT2D eigenvalue weighted by molar-refractivity contribution is 5.19. The number of hydrogen-bond donors (Lipinski definition) is 2. The Labute approximate surface area is 65.9 Å². The van der Waals surface area contributed by atoms with E-state index in [1.807, 2.05) is 6.92 Å². The Hall–Kier alpha value is -1.09. The summed E-state index contributed by atoms with van der Waals surface area (Å²) in [5, 5.41) is 8.91. The number of rotatable bonds is 2. The molecule has 3 heteroatoms. The van der Waals surface area contributed by atoms with E-state index >= 15 is 0 Å². The molecule has 60 valence electrons. The minimum absolute atomic E-state index is 0.0180. The van der Waals surface area contributed by atoms with Gasteiger partial charge in [0.15, 0.2) is 0 Å². The maximum atomic E-state index is 8.91. The predicted octanol–water partition coefficient (Wildman–Crippen LogP) is 1.20. The van der Waals surface area contributed by atoms with Gasteiger partial charge in [-0.05, 0) is 18.6 Å². The number of aromatic hydroxyl groups is 1. The minimum Gasteiger partial charge on any atom is -0.506 e. The van der Waals surface area contributed by atoms with Crippen LogP contribution in [0.25, 0.3) is 0 Å². The van der Waals surface area contributed by atoms with Gasteiger partial charge in [-0.1, -0.05) is 6.92 Å². The molecule has 3 N–H and O–H groups in total. The van der Waals surface area contributed by atoms with E-state index in [-0.39, 0.29) is 11.8 Å². The van der Waals surface area contributed by atoms with Crippen molar-refractivity contribution in [3.63, 3.8) is 0 Å². The summed E-state index contributed by atoms with van der Waals surface area (Å²) < 4.78 is 0. The molecule has 11 heavy (non-hydrogen) atoms. The molecular weight excluding hydrogens is 140 g/mol. The van der Waals surface area contributed by atoms with Gasteiger partial charge in [0.25, 0.3) is 0 Å². The highest BCUT2D eigenvalue weighted by Crippen LogP contribution is 2.13. The van der Waals surface area contributed by atoms with Gasteiger partial charge in [0, 0.05) is 6.04 Å². The Morgan fingerprint density at radius 1 is 1.64 bits per heavy atom. The van der Waals surface area contributed by atoms with E-state index in [0.717, 1.165) is 12.1 Å². The maximum absolute atomic E-state index is 8.91. The highest BCUT2D eigenvalue weighted by Gasteiger charge is 2.02. The summed E-state index contributed by atoms with van der Waals surface area (Å²) in [6.45, 7) is 2.00. The monoisotopic (exact) mass is 152 g/mol. The predicted molar refractivity (Wildman–Crippen MR) is 43.1 cm³/mol. The van der Waals surface area contributed by atoms with Crippen molar-refractivity contribution in [2.45, 2.75) is 19.4 Å². The Morgan fingerprint density at radius 3 is 2.82 bits per heavy atom. The van der Waals surface area contributed by atoms with E-state index < -0.39 is 0 Å². The Balaban J connectivity index is 2.81. The van der Waals surface area contributed by atoms with Crippen molar-refractivity contribution in [2.75, 3.05) is 0 Å². The van der Waals surface area contributed by atoms with Crippen LogP contribution in [0.15, 0.2) is 18.3 Å². The number of pyridine rings is 1. The van der Waals surface area contributed by atoms with Crippen molar-refractivity contribution in [3.8, 4) is 5.75 Å². The first-order valence-corrected chi connectivity index (χ1v) is 3.64. The van der Waals surface area contributed by atoms with E-state index in [9.17, 15) is 0 Å². The smallest absolute Gasteiger partial charge is 0.133 e. The molecule has 1 heterocycles. The largest absolute Gasteiger partial charge is 0.506 e. The molecule has 0 unspecified atom stereocenters. The van der Waals surface area contributed by atoms with Gasteiger partial charge in [0.2, 0.25) is 0 Å². The normalized spacial score (nSPS) is 12.9.